The van der Waals surface area contributed by atoms with E-state index in [9.17, 15) is 4.79 Å². The summed E-state index contributed by atoms with van der Waals surface area (Å²) in [6, 6.07) is 0.471. The van der Waals surface area contributed by atoms with Gasteiger partial charge in [-0.15, -0.1) is 0 Å². The fraction of sp³-hybridized carbons (Fsp3) is 0.765. The average molecular weight is 306 g/mol. The summed E-state index contributed by atoms with van der Waals surface area (Å²) in [5, 5.41) is 7.29. The SMILES string of the molecule is Cc1[nH]nc(CCC(=O)N2C[C@H](C(C)C)[C@@H](N(C)C)C2)c1C. The largest absolute Gasteiger partial charge is 0.341 e. The molecule has 1 aliphatic rings. The molecule has 0 aliphatic carbocycles. The maximum Gasteiger partial charge on any atom is 0.223 e. The number of rotatable bonds is 5. The lowest BCUT2D eigenvalue weighted by atomic mass is 9.91. The molecule has 1 fully saturated rings. The number of hydrogen-bond donors (Lipinski definition) is 1. The van der Waals surface area contributed by atoms with E-state index in [0.717, 1.165) is 30.9 Å². The van der Waals surface area contributed by atoms with Gasteiger partial charge in [0.15, 0.2) is 0 Å². The highest BCUT2D eigenvalue weighted by molar-refractivity contribution is 5.76. The minimum atomic E-state index is 0.259. The third-order valence-corrected chi connectivity index (χ3v) is 5.13. The minimum Gasteiger partial charge on any atom is -0.341 e. The summed E-state index contributed by atoms with van der Waals surface area (Å²) in [5.41, 5.74) is 3.30. The molecule has 0 radical (unpaired) electrons. The first-order valence-electron chi connectivity index (χ1n) is 8.25. The van der Waals surface area contributed by atoms with Crippen molar-refractivity contribution in [1.29, 1.82) is 0 Å². The van der Waals surface area contributed by atoms with E-state index in [-0.39, 0.29) is 5.91 Å². The molecule has 1 aliphatic heterocycles. The van der Waals surface area contributed by atoms with E-state index in [2.05, 4.69) is 50.0 Å². The smallest absolute Gasteiger partial charge is 0.223 e. The number of hydrogen-bond acceptors (Lipinski definition) is 3. The van der Waals surface area contributed by atoms with Gasteiger partial charge in [-0.2, -0.15) is 5.10 Å². The van der Waals surface area contributed by atoms with Crippen LogP contribution in [0.4, 0.5) is 0 Å². The van der Waals surface area contributed by atoms with Crippen molar-refractivity contribution in [1.82, 2.24) is 20.0 Å². The summed E-state index contributed by atoms with van der Waals surface area (Å²) >= 11 is 0. The maximum atomic E-state index is 12.5. The molecule has 22 heavy (non-hydrogen) atoms. The highest BCUT2D eigenvalue weighted by Crippen LogP contribution is 2.27. The summed E-state index contributed by atoms with van der Waals surface area (Å²) in [5.74, 6) is 1.42. The number of nitrogens with zero attached hydrogens (tertiary/aromatic N) is 3. The summed E-state index contributed by atoms with van der Waals surface area (Å²) in [6.07, 6.45) is 1.28. The molecule has 1 N–H and O–H groups in total. The Morgan fingerprint density at radius 3 is 2.50 bits per heavy atom. The monoisotopic (exact) mass is 306 g/mol. The Morgan fingerprint density at radius 2 is 2.05 bits per heavy atom. The number of H-pyrrole nitrogens is 1. The van der Waals surface area contributed by atoms with Gasteiger partial charge in [0.2, 0.25) is 5.91 Å². The van der Waals surface area contributed by atoms with Crippen LogP contribution in [-0.2, 0) is 11.2 Å². The van der Waals surface area contributed by atoms with Crippen LogP contribution in [0.25, 0.3) is 0 Å². The standard InChI is InChI=1S/C17H30N4O/c1-11(2)14-9-21(10-16(14)20(5)6)17(22)8-7-15-12(3)13(4)18-19-15/h11,14,16H,7-10H2,1-6H3,(H,18,19)/t14-,16+/m1/s1. The first kappa shape index (κ1) is 17.0. The lowest BCUT2D eigenvalue weighted by molar-refractivity contribution is -0.130. The van der Waals surface area contributed by atoms with E-state index >= 15 is 0 Å². The van der Waals surface area contributed by atoms with Crippen molar-refractivity contribution >= 4 is 5.91 Å². The molecule has 5 nitrogen and oxygen atoms in total. The van der Waals surface area contributed by atoms with Gasteiger partial charge >= 0.3 is 0 Å². The molecule has 0 spiro atoms. The Hall–Kier alpha value is -1.36. The van der Waals surface area contributed by atoms with Crippen LogP contribution in [0.3, 0.4) is 0 Å². The van der Waals surface area contributed by atoms with Crippen molar-refractivity contribution in [2.24, 2.45) is 11.8 Å². The molecule has 0 saturated carbocycles. The van der Waals surface area contributed by atoms with Gasteiger partial charge in [-0.05, 0) is 45.3 Å². The van der Waals surface area contributed by atoms with Crippen LogP contribution in [0.15, 0.2) is 0 Å². The van der Waals surface area contributed by atoms with Crippen molar-refractivity contribution in [3.8, 4) is 0 Å². The molecule has 2 rings (SSSR count). The van der Waals surface area contributed by atoms with Gasteiger partial charge in [0.1, 0.15) is 0 Å². The quantitative estimate of drug-likeness (QED) is 0.905. The van der Waals surface area contributed by atoms with Gasteiger partial charge in [-0.1, -0.05) is 13.8 Å². The topological polar surface area (TPSA) is 52.2 Å². The van der Waals surface area contributed by atoms with Gasteiger partial charge in [0.25, 0.3) is 0 Å². The Labute approximate surface area is 134 Å². The van der Waals surface area contributed by atoms with Crippen LogP contribution >= 0.6 is 0 Å². The van der Waals surface area contributed by atoms with Crippen LogP contribution in [0, 0.1) is 25.7 Å². The molecule has 124 valence electrons. The van der Waals surface area contributed by atoms with E-state index in [0.29, 0.717) is 24.3 Å². The van der Waals surface area contributed by atoms with Crippen molar-refractivity contribution in [2.75, 3.05) is 27.2 Å². The highest BCUT2D eigenvalue weighted by Gasteiger charge is 2.37. The van der Waals surface area contributed by atoms with Crippen molar-refractivity contribution in [3.05, 3.63) is 17.0 Å². The Balaban J connectivity index is 1.94. The molecule has 1 saturated heterocycles. The summed E-state index contributed by atoms with van der Waals surface area (Å²) in [4.78, 5) is 16.9. The van der Waals surface area contributed by atoms with Gasteiger partial charge in [-0.3, -0.25) is 9.89 Å². The third kappa shape index (κ3) is 3.51. The number of carbonyl (C=O) groups is 1. The van der Waals surface area contributed by atoms with Gasteiger partial charge in [0.05, 0.1) is 5.69 Å². The van der Waals surface area contributed by atoms with Crippen molar-refractivity contribution in [3.63, 3.8) is 0 Å². The first-order valence-corrected chi connectivity index (χ1v) is 8.25. The zero-order valence-electron chi connectivity index (χ0n) is 14.8. The van der Waals surface area contributed by atoms with Crippen LogP contribution in [0.1, 0.15) is 37.2 Å². The Morgan fingerprint density at radius 1 is 1.36 bits per heavy atom. The zero-order chi connectivity index (χ0) is 16.4. The van der Waals surface area contributed by atoms with Crippen LogP contribution in [0.2, 0.25) is 0 Å². The van der Waals surface area contributed by atoms with Crippen LogP contribution < -0.4 is 0 Å². The van der Waals surface area contributed by atoms with Gasteiger partial charge < -0.3 is 9.80 Å². The van der Waals surface area contributed by atoms with E-state index in [1.54, 1.807) is 0 Å². The number of nitrogens with one attached hydrogen (secondary N) is 1. The predicted molar refractivity (Wildman–Crippen MR) is 88.8 cm³/mol. The molecule has 2 heterocycles. The van der Waals surface area contributed by atoms with E-state index in [4.69, 9.17) is 0 Å². The molecule has 2 atom stereocenters. The number of likely N-dealkylation sites (N-methyl/N-ethyl adjacent to an activating group) is 1. The molecule has 5 heteroatoms. The van der Waals surface area contributed by atoms with Crippen molar-refractivity contribution in [2.45, 2.75) is 46.6 Å². The molecule has 1 amide bonds. The number of aromatic nitrogens is 2. The number of likely N-dealkylation sites (tertiary alicyclic amines) is 1. The molecular formula is C17H30N4O. The Kier molecular flexibility index (Phi) is 5.27. The Bertz CT molecular complexity index is 505. The minimum absolute atomic E-state index is 0.259. The van der Waals surface area contributed by atoms with Crippen molar-refractivity contribution < 1.29 is 4.79 Å². The summed E-state index contributed by atoms with van der Waals surface area (Å²) in [7, 11) is 4.23. The second-order valence-corrected chi connectivity index (χ2v) is 7.16. The predicted octanol–water partition coefficient (Wildman–Crippen LogP) is 2.00. The summed E-state index contributed by atoms with van der Waals surface area (Å²) in [6.45, 7) is 10.3. The summed E-state index contributed by atoms with van der Waals surface area (Å²) < 4.78 is 0. The molecular weight excluding hydrogens is 276 g/mol. The number of amides is 1. The lowest BCUT2D eigenvalue weighted by Crippen LogP contribution is -2.37. The zero-order valence-corrected chi connectivity index (χ0v) is 14.8. The molecule has 0 bridgehead atoms. The van der Waals surface area contributed by atoms with Crippen LogP contribution in [0.5, 0.6) is 0 Å². The molecule has 0 aromatic carbocycles. The number of aryl methyl sites for hydroxylation is 2. The van der Waals surface area contributed by atoms with E-state index in [1.807, 2.05) is 11.8 Å². The second kappa shape index (κ2) is 6.82. The molecule has 0 unspecified atom stereocenters. The highest BCUT2D eigenvalue weighted by atomic mass is 16.2. The number of carbonyl (C=O) groups excluding carboxylic acids is 1. The fourth-order valence-electron chi connectivity index (χ4n) is 3.38. The van der Waals surface area contributed by atoms with Crippen LogP contribution in [-0.4, -0.2) is 59.1 Å². The normalized spacial score (nSPS) is 22.1. The second-order valence-electron chi connectivity index (χ2n) is 7.16. The average Bonchev–Trinajstić information content (AvgIpc) is 3.03. The fourth-order valence-corrected chi connectivity index (χ4v) is 3.38. The third-order valence-electron chi connectivity index (χ3n) is 5.13. The van der Waals surface area contributed by atoms with E-state index in [1.165, 1.54) is 5.56 Å². The molecule has 1 aromatic heterocycles. The number of aromatic amines is 1. The lowest BCUT2D eigenvalue weighted by Gasteiger charge is -2.27. The maximum absolute atomic E-state index is 12.5. The van der Waals surface area contributed by atoms with Gasteiger partial charge in [-0.25, -0.2) is 0 Å². The van der Waals surface area contributed by atoms with Gasteiger partial charge in [0, 0.05) is 37.7 Å². The molecule has 1 aromatic rings. The first-order chi connectivity index (χ1) is 10.3. The van der Waals surface area contributed by atoms with E-state index < -0.39 is 0 Å².